The van der Waals surface area contributed by atoms with Crippen molar-refractivity contribution < 1.29 is 9.21 Å². The van der Waals surface area contributed by atoms with Crippen LogP contribution < -0.4 is 11.1 Å². The van der Waals surface area contributed by atoms with Crippen LogP contribution in [-0.4, -0.2) is 17.4 Å². The van der Waals surface area contributed by atoms with Crippen molar-refractivity contribution in [3.63, 3.8) is 0 Å². The molecule has 2 bridgehead atoms. The van der Waals surface area contributed by atoms with Crippen molar-refractivity contribution >= 4 is 17.0 Å². The summed E-state index contributed by atoms with van der Waals surface area (Å²) in [4.78, 5) is 16.1. The van der Waals surface area contributed by atoms with Crippen LogP contribution in [0.3, 0.4) is 0 Å². The number of amides is 1. The number of para-hydroxylation sites is 1. The lowest BCUT2D eigenvalue weighted by atomic mass is 9.72. The van der Waals surface area contributed by atoms with Gasteiger partial charge in [-0.2, -0.15) is 0 Å². The molecule has 3 fully saturated rings. The molecular weight excluding hydrogens is 254 g/mol. The Hall–Kier alpha value is -1.88. The van der Waals surface area contributed by atoms with E-state index in [2.05, 4.69) is 10.3 Å². The fourth-order valence-electron chi connectivity index (χ4n) is 3.53. The number of rotatable bonds is 2. The van der Waals surface area contributed by atoms with E-state index < -0.39 is 5.91 Å². The zero-order chi connectivity index (χ0) is 13.7. The van der Waals surface area contributed by atoms with E-state index in [4.69, 9.17) is 10.2 Å². The molecule has 5 nitrogen and oxygen atoms in total. The lowest BCUT2D eigenvalue weighted by Gasteiger charge is -2.45. The number of piperidine rings is 2. The second kappa shape index (κ2) is 4.06. The van der Waals surface area contributed by atoms with Crippen molar-refractivity contribution in [1.82, 2.24) is 10.3 Å². The lowest BCUT2D eigenvalue weighted by molar-refractivity contribution is 0.0927. The van der Waals surface area contributed by atoms with E-state index in [1.165, 1.54) is 12.8 Å². The SMILES string of the molecule is NC(=O)c1cccc2nc(C34CCC(CC3)CN4)oc12. The van der Waals surface area contributed by atoms with Gasteiger partial charge in [-0.05, 0) is 50.3 Å². The minimum Gasteiger partial charge on any atom is -0.438 e. The molecule has 1 aromatic carbocycles. The van der Waals surface area contributed by atoms with E-state index >= 15 is 0 Å². The molecule has 3 aliphatic rings. The molecule has 0 atom stereocenters. The topological polar surface area (TPSA) is 81.2 Å². The van der Waals surface area contributed by atoms with Crippen LogP contribution in [0.2, 0.25) is 0 Å². The van der Waals surface area contributed by atoms with Crippen LogP contribution in [-0.2, 0) is 5.54 Å². The van der Waals surface area contributed by atoms with Crippen molar-refractivity contribution in [2.45, 2.75) is 31.2 Å². The van der Waals surface area contributed by atoms with Crippen LogP contribution in [0.25, 0.3) is 11.1 Å². The molecule has 0 radical (unpaired) electrons. The molecule has 3 heterocycles. The van der Waals surface area contributed by atoms with Gasteiger partial charge in [0.15, 0.2) is 5.58 Å². The van der Waals surface area contributed by atoms with Gasteiger partial charge < -0.3 is 15.5 Å². The van der Waals surface area contributed by atoms with Gasteiger partial charge in [0.1, 0.15) is 5.52 Å². The fourth-order valence-corrected chi connectivity index (χ4v) is 3.53. The van der Waals surface area contributed by atoms with Crippen LogP contribution in [0.15, 0.2) is 22.6 Å². The van der Waals surface area contributed by atoms with Crippen LogP contribution in [0.4, 0.5) is 0 Å². The number of hydrogen-bond acceptors (Lipinski definition) is 4. The van der Waals surface area contributed by atoms with Crippen LogP contribution in [0.5, 0.6) is 0 Å². The number of nitrogens with one attached hydrogen (secondary N) is 1. The number of nitrogens with two attached hydrogens (primary N) is 1. The van der Waals surface area contributed by atoms with E-state index in [1.54, 1.807) is 12.1 Å². The van der Waals surface area contributed by atoms with Crippen LogP contribution >= 0.6 is 0 Å². The highest BCUT2D eigenvalue weighted by atomic mass is 16.4. The van der Waals surface area contributed by atoms with Crippen molar-refractivity contribution in [2.75, 3.05) is 6.54 Å². The number of carbonyl (C=O) groups excluding carboxylic acids is 1. The molecule has 2 aromatic rings. The molecule has 3 N–H and O–H groups in total. The summed E-state index contributed by atoms with van der Waals surface area (Å²) in [7, 11) is 0. The molecule has 104 valence electrons. The highest BCUT2D eigenvalue weighted by Gasteiger charge is 2.45. The first kappa shape index (κ1) is 11.9. The third-order valence-electron chi connectivity index (χ3n) is 4.78. The molecule has 20 heavy (non-hydrogen) atoms. The first-order valence-corrected chi connectivity index (χ1v) is 7.13. The van der Waals surface area contributed by atoms with Crippen molar-refractivity contribution in [2.24, 2.45) is 11.7 Å². The third-order valence-corrected chi connectivity index (χ3v) is 4.78. The molecule has 2 aliphatic heterocycles. The predicted molar refractivity (Wildman–Crippen MR) is 74.2 cm³/mol. The Morgan fingerprint density at radius 1 is 1.40 bits per heavy atom. The van der Waals surface area contributed by atoms with Crippen molar-refractivity contribution in [1.29, 1.82) is 0 Å². The highest BCUT2D eigenvalue weighted by molar-refractivity contribution is 6.03. The van der Waals surface area contributed by atoms with E-state index in [-0.39, 0.29) is 5.54 Å². The number of oxazole rings is 1. The van der Waals surface area contributed by atoms with Gasteiger partial charge >= 0.3 is 0 Å². The molecule has 1 aliphatic carbocycles. The standard InChI is InChI=1S/C15H17N3O2/c16-13(19)10-2-1-3-11-12(10)20-14(18-11)15-6-4-9(5-7-15)8-17-15/h1-3,9,17H,4-8H2,(H2,16,19). The second-order valence-electron chi connectivity index (χ2n) is 5.94. The van der Waals surface area contributed by atoms with E-state index in [1.807, 2.05) is 6.07 Å². The number of aromatic nitrogens is 1. The Balaban J connectivity index is 1.85. The third kappa shape index (κ3) is 1.59. The Morgan fingerprint density at radius 3 is 2.85 bits per heavy atom. The van der Waals surface area contributed by atoms with Gasteiger partial charge in [-0.3, -0.25) is 4.79 Å². The largest absolute Gasteiger partial charge is 0.438 e. The summed E-state index contributed by atoms with van der Waals surface area (Å²) in [6.45, 7) is 1.03. The minimum atomic E-state index is -0.476. The first-order chi connectivity index (χ1) is 9.68. The average Bonchev–Trinajstić information content (AvgIpc) is 2.93. The average molecular weight is 271 g/mol. The summed E-state index contributed by atoms with van der Waals surface area (Å²) in [5, 5.41) is 3.59. The van der Waals surface area contributed by atoms with Crippen LogP contribution in [0.1, 0.15) is 41.9 Å². The Bertz CT molecular complexity index is 670. The van der Waals surface area contributed by atoms with Gasteiger partial charge in [-0.1, -0.05) is 6.07 Å². The molecule has 1 saturated carbocycles. The molecule has 1 aromatic heterocycles. The number of carbonyl (C=O) groups is 1. The molecule has 0 unspecified atom stereocenters. The van der Waals surface area contributed by atoms with Gasteiger partial charge in [0, 0.05) is 0 Å². The summed E-state index contributed by atoms with van der Waals surface area (Å²) in [6.07, 6.45) is 4.54. The Morgan fingerprint density at radius 2 is 2.20 bits per heavy atom. The number of nitrogens with zero attached hydrogens (tertiary/aromatic N) is 1. The highest BCUT2D eigenvalue weighted by Crippen LogP contribution is 2.44. The van der Waals surface area contributed by atoms with E-state index in [0.29, 0.717) is 22.6 Å². The van der Waals surface area contributed by atoms with Gasteiger partial charge in [-0.15, -0.1) is 0 Å². The number of hydrogen-bond donors (Lipinski definition) is 2. The lowest BCUT2D eigenvalue weighted by Crippen LogP contribution is -2.53. The van der Waals surface area contributed by atoms with Gasteiger partial charge in [0.05, 0.1) is 11.1 Å². The fraction of sp³-hybridized carbons (Fsp3) is 0.467. The van der Waals surface area contributed by atoms with Gasteiger partial charge in [-0.25, -0.2) is 4.98 Å². The molecule has 5 rings (SSSR count). The van der Waals surface area contributed by atoms with Gasteiger partial charge in [0.25, 0.3) is 5.91 Å². The normalized spacial score (nSPS) is 28.9. The quantitative estimate of drug-likeness (QED) is 0.874. The summed E-state index contributed by atoms with van der Waals surface area (Å²) in [6, 6.07) is 5.33. The van der Waals surface area contributed by atoms with Crippen LogP contribution in [0, 0.1) is 5.92 Å². The van der Waals surface area contributed by atoms with E-state index in [9.17, 15) is 4.79 Å². The zero-order valence-corrected chi connectivity index (χ0v) is 11.2. The monoisotopic (exact) mass is 271 g/mol. The molecule has 5 heteroatoms. The summed E-state index contributed by atoms with van der Waals surface area (Å²) in [5.74, 6) is 1.03. The summed E-state index contributed by atoms with van der Waals surface area (Å²) >= 11 is 0. The maximum atomic E-state index is 11.5. The number of benzene rings is 1. The second-order valence-corrected chi connectivity index (χ2v) is 5.94. The number of fused-ring (bicyclic) bond motifs is 4. The molecule has 0 spiro atoms. The van der Waals surface area contributed by atoms with Gasteiger partial charge in [0.2, 0.25) is 5.89 Å². The zero-order valence-electron chi connectivity index (χ0n) is 11.2. The van der Waals surface area contributed by atoms with Crippen molar-refractivity contribution in [3.05, 3.63) is 29.7 Å². The maximum Gasteiger partial charge on any atom is 0.252 e. The smallest absolute Gasteiger partial charge is 0.252 e. The number of primary amides is 1. The Kier molecular flexibility index (Phi) is 2.41. The first-order valence-electron chi connectivity index (χ1n) is 7.13. The minimum absolute atomic E-state index is 0.150. The molecule has 1 amide bonds. The maximum absolute atomic E-state index is 11.5. The summed E-state index contributed by atoms with van der Waals surface area (Å²) in [5.41, 5.74) is 6.87. The predicted octanol–water partition coefficient (Wildman–Crippen LogP) is 1.92. The molecule has 2 saturated heterocycles. The van der Waals surface area contributed by atoms with Crippen molar-refractivity contribution in [3.8, 4) is 0 Å². The Labute approximate surface area is 116 Å². The van der Waals surface area contributed by atoms with E-state index in [0.717, 1.165) is 25.3 Å². The summed E-state index contributed by atoms with van der Waals surface area (Å²) < 4.78 is 5.94. The molecular formula is C15H17N3O2.